The van der Waals surface area contributed by atoms with E-state index in [-0.39, 0.29) is 5.82 Å². The molecule has 2 N–H and O–H groups in total. The van der Waals surface area contributed by atoms with Gasteiger partial charge in [0.15, 0.2) is 0 Å². The molecule has 1 aromatic carbocycles. The number of nitrogens with two attached hydrogens (primary N) is 1. The van der Waals surface area contributed by atoms with Crippen LogP contribution in [0.25, 0.3) is 0 Å². The van der Waals surface area contributed by atoms with Crippen molar-refractivity contribution in [3.05, 3.63) is 52.7 Å². The molecule has 0 aliphatic heterocycles. The number of nitrogens with zero attached hydrogens (tertiary/aromatic N) is 2. The van der Waals surface area contributed by atoms with Crippen LogP contribution in [0.4, 0.5) is 4.39 Å². The van der Waals surface area contributed by atoms with Crippen molar-refractivity contribution < 1.29 is 9.13 Å². The summed E-state index contributed by atoms with van der Waals surface area (Å²) in [5, 5.41) is 0.484. The molecule has 0 saturated heterocycles. The first-order valence-corrected chi connectivity index (χ1v) is 6.03. The summed E-state index contributed by atoms with van der Waals surface area (Å²) in [5.41, 5.74) is 7.31. The molecule has 6 heteroatoms. The highest BCUT2D eigenvalue weighted by atomic mass is 35.5. The molecule has 1 aromatic heterocycles. The Bertz CT molecular complexity index is 580. The number of ether oxygens (including phenoxy) is 1. The summed E-state index contributed by atoms with van der Waals surface area (Å²) < 4.78 is 18.2. The van der Waals surface area contributed by atoms with Gasteiger partial charge in [-0.1, -0.05) is 11.6 Å². The summed E-state index contributed by atoms with van der Waals surface area (Å²) in [5.74, 6) is 0.0951. The van der Waals surface area contributed by atoms with Crippen molar-refractivity contribution in [2.45, 2.75) is 12.5 Å². The Morgan fingerprint density at radius 2 is 2.16 bits per heavy atom. The SMILES string of the molecule is COc1cc(C(N)Cc2cc(F)ccc2Cl)ncn1. The molecular formula is C13H13ClFN3O. The molecule has 4 nitrogen and oxygen atoms in total. The van der Waals surface area contributed by atoms with E-state index in [1.807, 2.05) is 0 Å². The molecule has 0 amide bonds. The van der Waals surface area contributed by atoms with E-state index in [1.54, 1.807) is 6.07 Å². The normalized spacial score (nSPS) is 12.2. The van der Waals surface area contributed by atoms with Crippen LogP contribution in [0.5, 0.6) is 5.88 Å². The number of hydrogen-bond acceptors (Lipinski definition) is 4. The standard InChI is InChI=1S/C13H13ClFN3O/c1-19-13-6-12(17-7-18-13)11(16)5-8-4-9(15)2-3-10(8)14/h2-4,6-7,11H,5,16H2,1H3. The molecule has 2 rings (SSSR count). The third-order valence-corrected chi connectivity index (χ3v) is 3.07. The Morgan fingerprint density at radius 3 is 2.89 bits per heavy atom. The minimum absolute atomic E-state index is 0.341. The fourth-order valence-corrected chi connectivity index (χ4v) is 1.90. The van der Waals surface area contributed by atoms with Gasteiger partial charge >= 0.3 is 0 Å². The largest absolute Gasteiger partial charge is 0.481 e. The maximum absolute atomic E-state index is 13.2. The predicted octanol–water partition coefficient (Wildman–Crippen LogP) is 2.52. The van der Waals surface area contributed by atoms with E-state index in [2.05, 4.69) is 9.97 Å². The summed E-state index contributed by atoms with van der Waals surface area (Å²) in [6, 6.07) is 5.44. The van der Waals surface area contributed by atoms with Gasteiger partial charge in [0.2, 0.25) is 5.88 Å². The molecule has 1 atom stereocenters. The topological polar surface area (TPSA) is 61.0 Å². The van der Waals surface area contributed by atoms with E-state index in [0.717, 1.165) is 0 Å². The fraction of sp³-hybridized carbons (Fsp3) is 0.231. The average molecular weight is 282 g/mol. The highest BCUT2D eigenvalue weighted by molar-refractivity contribution is 6.31. The average Bonchev–Trinajstić information content (AvgIpc) is 2.43. The van der Waals surface area contributed by atoms with Crippen LogP contribution in [0.1, 0.15) is 17.3 Å². The van der Waals surface area contributed by atoms with Crippen LogP contribution in [0.2, 0.25) is 5.02 Å². The van der Waals surface area contributed by atoms with Gasteiger partial charge in [0.1, 0.15) is 12.1 Å². The third kappa shape index (κ3) is 3.39. The van der Waals surface area contributed by atoms with Crippen LogP contribution >= 0.6 is 11.6 Å². The van der Waals surface area contributed by atoms with Gasteiger partial charge in [-0.15, -0.1) is 0 Å². The second kappa shape index (κ2) is 5.95. The smallest absolute Gasteiger partial charge is 0.216 e. The molecule has 19 heavy (non-hydrogen) atoms. The van der Waals surface area contributed by atoms with Crippen LogP contribution < -0.4 is 10.5 Å². The molecule has 0 bridgehead atoms. The number of hydrogen-bond donors (Lipinski definition) is 1. The lowest BCUT2D eigenvalue weighted by atomic mass is 10.0. The lowest BCUT2D eigenvalue weighted by molar-refractivity contribution is 0.395. The van der Waals surface area contributed by atoms with Gasteiger partial charge in [-0.25, -0.2) is 14.4 Å². The van der Waals surface area contributed by atoms with Crippen molar-refractivity contribution in [3.8, 4) is 5.88 Å². The van der Waals surface area contributed by atoms with E-state index in [0.29, 0.717) is 28.6 Å². The Balaban J connectivity index is 2.20. The summed E-state index contributed by atoms with van der Waals surface area (Å²) in [6.45, 7) is 0. The van der Waals surface area contributed by atoms with Gasteiger partial charge in [0.25, 0.3) is 0 Å². The first-order chi connectivity index (χ1) is 9.10. The molecule has 0 saturated carbocycles. The Morgan fingerprint density at radius 1 is 1.37 bits per heavy atom. The number of methoxy groups -OCH3 is 1. The summed E-state index contributed by atoms with van der Waals surface area (Å²) in [4.78, 5) is 7.99. The van der Waals surface area contributed by atoms with Gasteiger partial charge < -0.3 is 10.5 Å². The number of aromatic nitrogens is 2. The van der Waals surface area contributed by atoms with Gasteiger partial charge in [0, 0.05) is 11.1 Å². The highest BCUT2D eigenvalue weighted by Gasteiger charge is 2.12. The van der Waals surface area contributed by atoms with Crippen molar-refractivity contribution in [1.82, 2.24) is 9.97 Å². The second-order valence-corrected chi connectivity index (χ2v) is 4.44. The molecule has 0 aliphatic carbocycles. The zero-order valence-electron chi connectivity index (χ0n) is 10.3. The number of benzene rings is 1. The maximum atomic E-state index is 13.2. The van der Waals surface area contributed by atoms with E-state index in [1.165, 1.54) is 31.6 Å². The summed E-state index contributed by atoms with van der Waals surface area (Å²) in [7, 11) is 1.51. The van der Waals surface area contributed by atoms with Crippen LogP contribution in [0, 0.1) is 5.82 Å². The van der Waals surface area contributed by atoms with Crippen LogP contribution in [-0.4, -0.2) is 17.1 Å². The van der Waals surface area contributed by atoms with E-state index in [4.69, 9.17) is 22.1 Å². The molecule has 100 valence electrons. The quantitative estimate of drug-likeness (QED) is 0.935. The molecule has 0 aliphatic rings. The zero-order valence-corrected chi connectivity index (χ0v) is 11.1. The van der Waals surface area contributed by atoms with Gasteiger partial charge in [-0.2, -0.15) is 0 Å². The summed E-state index contributed by atoms with van der Waals surface area (Å²) >= 11 is 6.01. The zero-order chi connectivity index (χ0) is 13.8. The Hall–Kier alpha value is -1.72. The maximum Gasteiger partial charge on any atom is 0.216 e. The van der Waals surface area contributed by atoms with E-state index in [9.17, 15) is 4.39 Å². The van der Waals surface area contributed by atoms with Crippen molar-refractivity contribution in [3.63, 3.8) is 0 Å². The van der Waals surface area contributed by atoms with Crippen molar-refractivity contribution in [2.75, 3.05) is 7.11 Å². The van der Waals surface area contributed by atoms with Crippen LogP contribution in [-0.2, 0) is 6.42 Å². The highest BCUT2D eigenvalue weighted by Crippen LogP contribution is 2.23. The van der Waals surface area contributed by atoms with Crippen molar-refractivity contribution in [2.24, 2.45) is 5.73 Å². The first kappa shape index (κ1) is 13.7. The lowest BCUT2D eigenvalue weighted by Gasteiger charge is -2.12. The molecular weight excluding hydrogens is 269 g/mol. The molecule has 1 unspecified atom stereocenters. The predicted molar refractivity (Wildman–Crippen MR) is 70.6 cm³/mol. The first-order valence-electron chi connectivity index (χ1n) is 5.65. The third-order valence-electron chi connectivity index (χ3n) is 2.70. The van der Waals surface area contributed by atoms with Gasteiger partial charge in [0.05, 0.1) is 18.8 Å². The number of rotatable bonds is 4. The van der Waals surface area contributed by atoms with E-state index >= 15 is 0 Å². The van der Waals surface area contributed by atoms with Gasteiger partial charge in [-0.05, 0) is 30.2 Å². The fourth-order valence-electron chi connectivity index (χ4n) is 1.71. The minimum Gasteiger partial charge on any atom is -0.481 e. The monoisotopic (exact) mass is 281 g/mol. The minimum atomic E-state index is -0.406. The van der Waals surface area contributed by atoms with Crippen molar-refractivity contribution in [1.29, 1.82) is 0 Å². The number of halogens is 2. The molecule has 0 radical (unpaired) electrons. The molecule has 0 spiro atoms. The molecule has 0 fully saturated rings. The lowest BCUT2D eigenvalue weighted by Crippen LogP contribution is -2.15. The van der Waals surface area contributed by atoms with E-state index < -0.39 is 6.04 Å². The molecule has 1 heterocycles. The molecule has 2 aromatic rings. The van der Waals surface area contributed by atoms with Crippen molar-refractivity contribution >= 4 is 11.6 Å². The Labute approximate surface area is 115 Å². The second-order valence-electron chi connectivity index (χ2n) is 4.03. The summed E-state index contributed by atoms with van der Waals surface area (Å²) in [6.07, 6.45) is 1.76. The Kier molecular flexibility index (Phi) is 4.29. The van der Waals surface area contributed by atoms with Gasteiger partial charge in [-0.3, -0.25) is 0 Å². The van der Waals surface area contributed by atoms with Crippen LogP contribution in [0.15, 0.2) is 30.6 Å². The van der Waals surface area contributed by atoms with Crippen LogP contribution in [0.3, 0.4) is 0 Å².